The summed E-state index contributed by atoms with van der Waals surface area (Å²) in [7, 11) is 0. The van der Waals surface area contributed by atoms with E-state index in [4.69, 9.17) is 18.9 Å². The Bertz CT molecular complexity index is 423. The van der Waals surface area contributed by atoms with E-state index in [0.29, 0.717) is 26.1 Å². The van der Waals surface area contributed by atoms with Crippen LogP contribution in [0.25, 0.3) is 6.08 Å². The van der Waals surface area contributed by atoms with Crippen LogP contribution < -0.4 is 9.47 Å². The molecule has 0 radical (unpaired) electrons. The van der Waals surface area contributed by atoms with Gasteiger partial charge in [-0.15, -0.1) is 0 Å². The summed E-state index contributed by atoms with van der Waals surface area (Å²) in [6.07, 6.45) is 4.32. The SMILES string of the molecule is C(=C\c1ccc2c(c1)OCO2)/COCC1CO1. The molecule has 1 aromatic rings. The van der Waals surface area contributed by atoms with Crippen molar-refractivity contribution in [3.8, 4) is 11.5 Å². The zero-order valence-electron chi connectivity index (χ0n) is 9.43. The average molecular weight is 234 g/mol. The van der Waals surface area contributed by atoms with Gasteiger partial charge in [0.15, 0.2) is 11.5 Å². The minimum absolute atomic E-state index is 0.313. The summed E-state index contributed by atoms with van der Waals surface area (Å²) in [5.41, 5.74) is 1.08. The van der Waals surface area contributed by atoms with E-state index in [1.54, 1.807) is 0 Å². The van der Waals surface area contributed by atoms with Crippen molar-refractivity contribution in [2.75, 3.05) is 26.6 Å². The molecule has 0 bridgehead atoms. The standard InChI is InChI=1S/C13H14O4/c1(5-14-7-11-8-15-11)2-10-3-4-12-13(6-10)17-9-16-12/h1-4,6,11H,5,7-9H2/b2-1+. The van der Waals surface area contributed by atoms with Gasteiger partial charge in [0.25, 0.3) is 0 Å². The maximum atomic E-state index is 5.40. The summed E-state index contributed by atoms with van der Waals surface area (Å²) < 4.78 is 21.0. The van der Waals surface area contributed by atoms with Gasteiger partial charge in [-0.2, -0.15) is 0 Å². The lowest BCUT2D eigenvalue weighted by atomic mass is 10.2. The lowest BCUT2D eigenvalue weighted by molar-refractivity contribution is 0.141. The fourth-order valence-corrected chi connectivity index (χ4v) is 1.63. The van der Waals surface area contributed by atoms with Crippen molar-refractivity contribution in [1.82, 2.24) is 0 Å². The van der Waals surface area contributed by atoms with Gasteiger partial charge in [0.2, 0.25) is 6.79 Å². The first-order chi connectivity index (χ1) is 8.42. The molecule has 0 N–H and O–H groups in total. The van der Waals surface area contributed by atoms with Crippen molar-refractivity contribution >= 4 is 6.08 Å². The summed E-state index contributed by atoms with van der Waals surface area (Å²) in [4.78, 5) is 0. The van der Waals surface area contributed by atoms with Gasteiger partial charge in [-0.05, 0) is 17.7 Å². The maximum absolute atomic E-state index is 5.40. The molecular formula is C13H14O4. The van der Waals surface area contributed by atoms with Crippen LogP contribution in [0.5, 0.6) is 11.5 Å². The third-order valence-corrected chi connectivity index (χ3v) is 2.63. The first-order valence-electron chi connectivity index (χ1n) is 5.67. The number of ether oxygens (including phenoxy) is 4. The lowest BCUT2D eigenvalue weighted by Crippen LogP contribution is -2.00. The lowest BCUT2D eigenvalue weighted by Gasteiger charge is -1.98. The van der Waals surface area contributed by atoms with Crippen LogP contribution >= 0.6 is 0 Å². The molecule has 0 saturated carbocycles. The number of hydrogen-bond acceptors (Lipinski definition) is 4. The Balaban J connectivity index is 1.51. The molecule has 2 aliphatic rings. The number of rotatable bonds is 5. The zero-order valence-corrected chi connectivity index (χ0v) is 9.43. The van der Waals surface area contributed by atoms with Gasteiger partial charge in [0, 0.05) is 0 Å². The van der Waals surface area contributed by atoms with Gasteiger partial charge in [-0.3, -0.25) is 0 Å². The molecule has 1 unspecified atom stereocenters. The van der Waals surface area contributed by atoms with E-state index in [1.165, 1.54) is 0 Å². The topological polar surface area (TPSA) is 40.2 Å². The zero-order chi connectivity index (χ0) is 11.5. The highest BCUT2D eigenvalue weighted by Gasteiger charge is 2.21. The normalized spacial score (nSPS) is 21.1. The molecule has 0 spiro atoms. The first-order valence-corrected chi connectivity index (χ1v) is 5.67. The Hall–Kier alpha value is -1.52. The Labute approximate surface area is 99.7 Å². The third-order valence-electron chi connectivity index (χ3n) is 2.63. The Morgan fingerprint density at radius 3 is 3.06 bits per heavy atom. The van der Waals surface area contributed by atoms with Gasteiger partial charge in [0.1, 0.15) is 6.10 Å². The average Bonchev–Trinajstić information content (AvgIpc) is 3.05. The van der Waals surface area contributed by atoms with Crippen molar-refractivity contribution in [3.63, 3.8) is 0 Å². The van der Waals surface area contributed by atoms with Crippen LogP contribution in [-0.2, 0) is 9.47 Å². The Morgan fingerprint density at radius 2 is 2.18 bits per heavy atom. The van der Waals surface area contributed by atoms with Crippen LogP contribution in [-0.4, -0.2) is 32.7 Å². The molecular weight excluding hydrogens is 220 g/mol. The van der Waals surface area contributed by atoms with Crippen LogP contribution in [0.3, 0.4) is 0 Å². The Morgan fingerprint density at radius 1 is 1.29 bits per heavy atom. The molecule has 2 heterocycles. The molecule has 1 aromatic carbocycles. The molecule has 1 atom stereocenters. The monoisotopic (exact) mass is 234 g/mol. The summed E-state index contributed by atoms with van der Waals surface area (Å²) >= 11 is 0. The molecule has 3 rings (SSSR count). The van der Waals surface area contributed by atoms with Crippen molar-refractivity contribution < 1.29 is 18.9 Å². The molecule has 1 saturated heterocycles. The van der Waals surface area contributed by atoms with Gasteiger partial charge in [0.05, 0.1) is 19.8 Å². The van der Waals surface area contributed by atoms with Crippen LogP contribution in [0.1, 0.15) is 5.56 Å². The molecule has 2 aliphatic heterocycles. The molecule has 0 aliphatic carbocycles. The smallest absolute Gasteiger partial charge is 0.231 e. The minimum atomic E-state index is 0.313. The van der Waals surface area contributed by atoms with Crippen LogP contribution in [0.2, 0.25) is 0 Å². The van der Waals surface area contributed by atoms with E-state index in [0.717, 1.165) is 23.7 Å². The molecule has 4 nitrogen and oxygen atoms in total. The number of benzene rings is 1. The summed E-state index contributed by atoms with van der Waals surface area (Å²) in [6.45, 7) is 2.44. The molecule has 4 heteroatoms. The summed E-state index contributed by atoms with van der Waals surface area (Å²) in [5.74, 6) is 1.61. The summed E-state index contributed by atoms with van der Waals surface area (Å²) in [6, 6.07) is 5.87. The van der Waals surface area contributed by atoms with E-state index in [2.05, 4.69) is 0 Å². The summed E-state index contributed by atoms with van der Waals surface area (Å²) in [5, 5.41) is 0. The molecule has 1 fully saturated rings. The highest BCUT2D eigenvalue weighted by atomic mass is 16.7. The van der Waals surface area contributed by atoms with Crippen molar-refractivity contribution in [2.45, 2.75) is 6.10 Å². The van der Waals surface area contributed by atoms with Crippen LogP contribution in [0, 0.1) is 0 Å². The maximum Gasteiger partial charge on any atom is 0.231 e. The van der Waals surface area contributed by atoms with Gasteiger partial charge >= 0.3 is 0 Å². The molecule has 17 heavy (non-hydrogen) atoms. The van der Waals surface area contributed by atoms with Crippen LogP contribution in [0.4, 0.5) is 0 Å². The van der Waals surface area contributed by atoms with Gasteiger partial charge < -0.3 is 18.9 Å². The molecule has 90 valence electrons. The van der Waals surface area contributed by atoms with E-state index in [1.807, 2.05) is 30.4 Å². The highest BCUT2D eigenvalue weighted by Crippen LogP contribution is 2.32. The largest absolute Gasteiger partial charge is 0.454 e. The second-order valence-corrected chi connectivity index (χ2v) is 4.01. The minimum Gasteiger partial charge on any atom is -0.454 e. The third kappa shape index (κ3) is 2.78. The number of epoxide rings is 1. The van der Waals surface area contributed by atoms with Crippen molar-refractivity contribution in [2.24, 2.45) is 0 Å². The quantitative estimate of drug-likeness (QED) is 0.575. The fourth-order valence-electron chi connectivity index (χ4n) is 1.63. The van der Waals surface area contributed by atoms with Gasteiger partial charge in [-0.25, -0.2) is 0 Å². The Kier molecular flexibility index (Phi) is 2.98. The number of hydrogen-bond donors (Lipinski definition) is 0. The second-order valence-electron chi connectivity index (χ2n) is 4.01. The van der Waals surface area contributed by atoms with Gasteiger partial charge in [-0.1, -0.05) is 18.2 Å². The van der Waals surface area contributed by atoms with Crippen molar-refractivity contribution in [1.29, 1.82) is 0 Å². The molecule has 0 amide bonds. The van der Waals surface area contributed by atoms with Crippen molar-refractivity contribution in [3.05, 3.63) is 29.8 Å². The molecule has 0 aromatic heterocycles. The van der Waals surface area contributed by atoms with E-state index >= 15 is 0 Å². The van der Waals surface area contributed by atoms with E-state index in [-0.39, 0.29) is 0 Å². The highest BCUT2D eigenvalue weighted by molar-refractivity contribution is 5.56. The predicted octanol–water partition coefficient (Wildman–Crippen LogP) is 1.84. The number of fused-ring (bicyclic) bond motifs is 1. The van der Waals surface area contributed by atoms with E-state index in [9.17, 15) is 0 Å². The van der Waals surface area contributed by atoms with E-state index < -0.39 is 0 Å². The fraction of sp³-hybridized carbons (Fsp3) is 0.385. The predicted molar refractivity (Wildman–Crippen MR) is 62.2 cm³/mol. The second kappa shape index (κ2) is 4.77. The van der Waals surface area contributed by atoms with Crippen LogP contribution in [0.15, 0.2) is 24.3 Å². The first kappa shape index (κ1) is 10.6.